The van der Waals surface area contributed by atoms with Crippen LogP contribution < -0.4 is 5.32 Å². The van der Waals surface area contributed by atoms with Crippen molar-refractivity contribution in [2.45, 2.75) is 69.4 Å². The number of hydrogen-bond acceptors (Lipinski definition) is 3. The summed E-state index contributed by atoms with van der Waals surface area (Å²) in [6.07, 6.45) is -0.387. The molecule has 2 saturated heterocycles. The second-order valence-electron chi connectivity index (χ2n) is 9.49. The zero-order valence-electron chi connectivity index (χ0n) is 19.1. The number of hydrogen-bond donors (Lipinski definition) is 1. The van der Waals surface area contributed by atoms with E-state index < -0.39 is 12.0 Å². The zero-order valence-corrected chi connectivity index (χ0v) is 19.1. The first-order valence-corrected chi connectivity index (χ1v) is 11.9. The van der Waals surface area contributed by atoms with Crippen LogP contribution in [0.25, 0.3) is 11.0 Å². The fourth-order valence-corrected chi connectivity index (χ4v) is 5.97. The van der Waals surface area contributed by atoms with Crippen molar-refractivity contribution in [3.8, 4) is 0 Å². The minimum absolute atomic E-state index is 0.0674. The molecule has 2 aromatic carbocycles. The van der Waals surface area contributed by atoms with Gasteiger partial charge in [-0.1, -0.05) is 42.5 Å². The molecule has 0 spiro atoms. The molecule has 2 unspecified atom stereocenters. The molecule has 1 N–H and O–H groups in total. The molecule has 2 aliphatic rings. The monoisotopic (exact) mass is 470 g/mol. The molecular weight excluding hydrogens is 441 g/mol. The number of para-hydroxylation sites is 2. The summed E-state index contributed by atoms with van der Waals surface area (Å²) in [7, 11) is 0. The molecule has 2 fully saturated rings. The number of aromatic nitrogens is 2. The number of fused-ring (bicyclic) bond motifs is 3. The lowest BCUT2D eigenvalue weighted by Crippen LogP contribution is -2.45. The number of imidazole rings is 1. The molecule has 2 aliphatic heterocycles. The molecule has 0 aliphatic carbocycles. The molecule has 3 heterocycles. The topological polar surface area (TPSA) is 50.2 Å². The molecule has 1 aromatic heterocycles. The van der Waals surface area contributed by atoms with Crippen molar-refractivity contribution in [1.29, 1.82) is 0 Å². The fraction of sp³-hybridized carbons (Fsp3) is 0.462. The number of nitrogens with zero attached hydrogens (tertiary/aromatic N) is 3. The quantitative estimate of drug-likeness (QED) is 0.518. The molecule has 0 saturated carbocycles. The highest BCUT2D eigenvalue weighted by atomic mass is 19.4. The van der Waals surface area contributed by atoms with Crippen molar-refractivity contribution in [2.24, 2.45) is 0 Å². The summed E-state index contributed by atoms with van der Waals surface area (Å²) in [5.74, 6) is -0.858. The van der Waals surface area contributed by atoms with Crippen LogP contribution in [0.2, 0.25) is 0 Å². The van der Waals surface area contributed by atoms with E-state index in [1.807, 2.05) is 30.3 Å². The summed E-state index contributed by atoms with van der Waals surface area (Å²) in [6.45, 7) is 2.33. The minimum Gasteiger partial charge on any atom is -0.349 e. The van der Waals surface area contributed by atoms with Gasteiger partial charge in [-0.25, -0.2) is 4.98 Å². The van der Waals surface area contributed by atoms with Crippen LogP contribution in [0.4, 0.5) is 13.2 Å². The Bertz CT molecular complexity index is 1150. The van der Waals surface area contributed by atoms with E-state index in [2.05, 4.69) is 15.2 Å². The third-order valence-corrected chi connectivity index (χ3v) is 7.33. The molecule has 180 valence electrons. The van der Waals surface area contributed by atoms with Crippen LogP contribution in [0.15, 0.2) is 54.6 Å². The maximum absolute atomic E-state index is 13.9. The summed E-state index contributed by atoms with van der Waals surface area (Å²) in [6, 6.07) is 17.0. The van der Waals surface area contributed by atoms with E-state index in [9.17, 15) is 18.0 Å². The van der Waals surface area contributed by atoms with Crippen molar-refractivity contribution in [3.05, 3.63) is 66.0 Å². The number of alkyl halides is 3. The first-order chi connectivity index (χ1) is 16.3. The van der Waals surface area contributed by atoms with Crippen molar-refractivity contribution in [3.63, 3.8) is 0 Å². The minimum atomic E-state index is -4.49. The van der Waals surface area contributed by atoms with E-state index in [0.717, 1.165) is 31.4 Å². The second-order valence-corrected chi connectivity index (χ2v) is 9.49. The summed E-state index contributed by atoms with van der Waals surface area (Å²) in [5, 5.41) is 3.06. The maximum atomic E-state index is 13.9. The van der Waals surface area contributed by atoms with Gasteiger partial charge in [0.05, 0.1) is 17.1 Å². The van der Waals surface area contributed by atoms with Gasteiger partial charge in [-0.15, -0.1) is 0 Å². The highest BCUT2D eigenvalue weighted by Crippen LogP contribution is 2.44. The Balaban J connectivity index is 1.35. The molecule has 34 heavy (non-hydrogen) atoms. The summed E-state index contributed by atoms with van der Waals surface area (Å²) >= 11 is 0. The summed E-state index contributed by atoms with van der Waals surface area (Å²) in [4.78, 5) is 18.2. The lowest BCUT2D eigenvalue weighted by atomic mass is 9.95. The lowest BCUT2D eigenvalue weighted by molar-refractivity contribution is -0.148. The van der Waals surface area contributed by atoms with Crippen LogP contribution in [-0.4, -0.2) is 39.0 Å². The van der Waals surface area contributed by atoms with E-state index in [0.29, 0.717) is 23.9 Å². The number of piperidine rings is 1. The molecule has 0 radical (unpaired) electrons. The van der Waals surface area contributed by atoms with Gasteiger partial charge in [0.25, 0.3) is 0 Å². The molecule has 1 amide bonds. The van der Waals surface area contributed by atoms with Gasteiger partial charge in [-0.2, -0.15) is 13.2 Å². The van der Waals surface area contributed by atoms with Crippen LogP contribution >= 0.6 is 0 Å². The van der Waals surface area contributed by atoms with E-state index >= 15 is 0 Å². The highest BCUT2D eigenvalue weighted by Gasteiger charge is 2.45. The SMILES string of the molecule is CC(=O)N[C@@H](CCN1C2CCC1CC(n1c(C(F)(F)F)nc3ccccc31)C2)c1ccccc1. The molecule has 3 aromatic rings. The van der Waals surface area contributed by atoms with Crippen LogP contribution in [0.1, 0.15) is 62.5 Å². The zero-order chi connectivity index (χ0) is 23.9. The molecule has 5 rings (SSSR count). The second kappa shape index (κ2) is 9.06. The Labute approximate surface area is 197 Å². The summed E-state index contributed by atoms with van der Waals surface area (Å²) in [5.41, 5.74) is 2.02. The Kier molecular flexibility index (Phi) is 6.10. The largest absolute Gasteiger partial charge is 0.449 e. The maximum Gasteiger partial charge on any atom is 0.449 e. The predicted octanol–water partition coefficient (Wildman–Crippen LogP) is 5.49. The van der Waals surface area contributed by atoms with Gasteiger partial charge in [0, 0.05) is 31.6 Å². The number of rotatable bonds is 6. The van der Waals surface area contributed by atoms with Crippen molar-refractivity contribution in [1.82, 2.24) is 19.8 Å². The van der Waals surface area contributed by atoms with Crippen LogP contribution in [-0.2, 0) is 11.0 Å². The Hall–Kier alpha value is -2.87. The van der Waals surface area contributed by atoms with Gasteiger partial charge in [0.2, 0.25) is 11.7 Å². The highest BCUT2D eigenvalue weighted by molar-refractivity contribution is 5.76. The van der Waals surface area contributed by atoms with E-state index in [-0.39, 0.29) is 30.1 Å². The van der Waals surface area contributed by atoms with Crippen LogP contribution in [0.3, 0.4) is 0 Å². The number of amides is 1. The van der Waals surface area contributed by atoms with E-state index in [1.54, 1.807) is 24.3 Å². The van der Waals surface area contributed by atoms with Gasteiger partial charge < -0.3 is 9.88 Å². The van der Waals surface area contributed by atoms with Gasteiger partial charge in [-0.3, -0.25) is 9.69 Å². The van der Waals surface area contributed by atoms with Crippen molar-refractivity contribution < 1.29 is 18.0 Å². The third kappa shape index (κ3) is 4.43. The Morgan fingerprint density at radius 2 is 1.68 bits per heavy atom. The van der Waals surface area contributed by atoms with Crippen molar-refractivity contribution in [2.75, 3.05) is 6.54 Å². The van der Waals surface area contributed by atoms with Gasteiger partial charge in [-0.05, 0) is 49.8 Å². The van der Waals surface area contributed by atoms with Gasteiger partial charge in [0.15, 0.2) is 0 Å². The molecule has 5 nitrogen and oxygen atoms in total. The number of nitrogens with one attached hydrogen (secondary N) is 1. The van der Waals surface area contributed by atoms with Gasteiger partial charge in [0.1, 0.15) is 0 Å². The number of carbonyl (C=O) groups excluding carboxylic acids is 1. The molecule has 8 heteroatoms. The lowest BCUT2D eigenvalue weighted by Gasteiger charge is -2.40. The average molecular weight is 471 g/mol. The summed E-state index contributed by atoms with van der Waals surface area (Å²) < 4.78 is 43.1. The molecule has 3 atom stereocenters. The number of benzene rings is 2. The number of halogens is 3. The van der Waals surface area contributed by atoms with E-state index in [4.69, 9.17) is 0 Å². The Morgan fingerprint density at radius 1 is 1.03 bits per heavy atom. The van der Waals surface area contributed by atoms with Crippen LogP contribution in [0.5, 0.6) is 0 Å². The number of carbonyl (C=O) groups is 1. The third-order valence-electron chi connectivity index (χ3n) is 7.33. The first kappa shape index (κ1) is 22.9. The molecular formula is C26H29F3N4O. The normalized spacial score (nSPS) is 23.8. The Morgan fingerprint density at radius 3 is 2.32 bits per heavy atom. The smallest absolute Gasteiger partial charge is 0.349 e. The molecule has 2 bridgehead atoms. The van der Waals surface area contributed by atoms with Gasteiger partial charge >= 0.3 is 6.18 Å². The predicted molar refractivity (Wildman–Crippen MR) is 124 cm³/mol. The standard InChI is InChI=1S/C26H29F3N4O/c1-17(34)30-22(18-7-3-2-4-8-18)13-14-32-19-11-12-20(32)16-21(15-19)33-24-10-6-5-9-23(24)31-25(33)26(27,28)29/h2-10,19-22H,11-16H2,1H3,(H,30,34)/t19?,20?,21?,22-/m0/s1. The van der Waals surface area contributed by atoms with E-state index in [1.165, 1.54) is 11.5 Å². The average Bonchev–Trinajstić information content (AvgIpc) is 3.31. The van der Waals surface area contributed by atoms with Crippen molar-refractivity contribution >= 4 is 16.9 Å². The first-order valence-electron chi connectivity index (χ1n) is 11.9. The van der Waals surface area contributed by atoms with Crippen LogP contribution in [0, 0.1) is 0 Å². The fourth-order valence-electron chi connectivity index (χ4n) is 5.97.